The Bertz CT molecular complexity index is 538. The van der Waals surface area contributed by atoms with Gasteiger partial charge in [0.1, 0.15) is 5.75 Å². The lowest BCUT2D eigenvalue weighted by molar-refractivity contribution is 0.450. The summed E-state index contributed by atoms with van der Waals surface area (Å²) in [6.07, 6.45) is 1.75. The van der Waals surface area contributed by atoms with Crippen LogP contribution in [0.2, 0.25) is 0 Å². The van der Waals surface area contributed by atoms with Crippen molar-refractivity contribution in [2.24, 2.45) is 0 Å². The molecule has 0 atom stereocenters. The van der Waals surface area contributed by atoms with Crippen LogP contribution in [-0.4, -0.2) is 12.0 Å². The van der Waals surface area contributed by atoms with Crippen molar-refractivity contribution in [2.75, 3.05) is 7.05 Å². The number of pyridine rings is 1. The van der Waals surface area contributed by atoms with Crippen LogP contribution in [0.4, 0.5) is 0 Å². The molecular weight excluding hydrogens is 224 g/mol. The molecule has 0 spiro atoms. The van der Waals surface area contributed by atoms with Crippen molar-refractivity contribution in [2.45, 2.75) is 20.4 Å². The van der Waals surface area contributed by atoms with Crippen molar-refractivity contribution >= 4 is 0 Å². The molecule has 0 amide bonds. The minimum absolute atomic E-state index is 0.667. The fourth-order valence-corrected chi connectivity index (χ4v) is 1.76. The van der Waals surface area contributed by atoms with Crippen LogP contribution in [0.3, 0.4) is 0 Å². The molecule has 1 N–H and O–H groups in total. The summed E-state index contributed by atoms with van der Waals surface area (Å²) in [5.41, 5.74) is 3.35. The highest BCUT2D eigenvalue weighted by molar-refractivity contribution is 5.39. The SMILES string of the molecule is CNCc1cccnc1Oc1cc(C)ccc1C. The van der Waals surface area contributed by atoms with E-state index >= 15 is 0 Å². The topological polar surface area (TPSA) is 34.2 Å². The summed E-state index contributed by atoms with van der Waals surface area (Å²) in [6, 6.07) is 10.1. The summed E-state index contributed by atoms with van der Waals surface area (Å²) < 4.78 is 5.92. The number of benzene rings is 1. The van der Waals surface area contributed by atoms with E-state index in [0.29, 0.717) is 5.88 Å². The smallest absolute Gasteiger partial charge is 0.223 e. The molecule has 2 aromatic rings. The summed E-state index contributed by atoms with van der Waals surface area (Å²) >= 11 is 0. The molecule has 0 aliphatic carbocycles. The number of hydrogen-bond acceptors (Lipinski definition) is 3. The van der Waals surface area contributed by atoms with Gasteiger partial charge < -0.3 is 10.1 Å². The van der Waals surface area contributed by atoms with Gasteiger partial charge >= 0.3 is 0 Å². The highest BCUT2D eigenvalue weighted by Crippen LogP contribution is 2.26. The number of rotatable bonds is 4. The summed E-state index contributed by atoms with van der Waals surface area (Å²) in [5.74, 6) is 1.53. The van der Waals surface area contributed by atoms with E-state index in [1.54, 1.807) is 6.20 Å². The summed E-state index contributed by atoms with van der Waals surface area (Å²) in [5, 5.41) is 3.12. The summed E-state index contributed by atoms with van der Waals surface area (Å²) in [4.78, 5) is 4.30. The van der Waals surface area contributed by atoms with Gasteiger partial charge in [-0.05, 0) is 44.2 Å². The molecule has 1 heterocycles. The van der Waals surface area contributed by atoms with Gasteiger partial charge in [0.25, 0.3) is 0 Å². The Kier molecular flexibility index (Phi) is 3.95. The number of ether oxygens (including phenoxy) is 1. The molecule has 18 heavy (non-hydrogen) atoms. The molecule has 3 heteroatoms. The normalized spacial score (nSPS) is 10.4. The zero-order valence-electron chi connectivity index (χ0n) is 11.0. The third-order valence-electron chi connectivity index (χ3n) is 2.77. The molecule has 2 rings (SSSR count). The van der Waals surface area contributed by atoms with Gasteiger partial charge in [0.15, 0.2) is 0 Å². The summed E-state index contributed by atoms with van der Waals surface area (Å²) in [6.45, 7) is 4.84. The van der Waals surface area contributed by atoms with E-state index in [9.17, 15) is 0 Å². The Hall–Kier alpha value is -1.87. The van der Waals surface area contributed by atoms with Gasteiger partial charge in [-0.3, -0.25) is 0 Å². The Balaban J connectivity index is 2.30. The first kappa shape index (κ1) is 12.6. The molecule has 0 saturated carbocycles. The monoisotopic (exact) mass is 242 g/mol. The Labute approximate surface area is 108 Å². The summed E-state index contributed by atoms with van der Waals surface area (Å²) in [7, 11) is 1.91. The number of nitrogens with one attached hydrogen (secondary N) is 1. The van der Waals surface area contributed by atoms with E-state index in [2.05, 4.69) is 29.4 Å². The number of aromatic nitrogens is 1. The molecule has 0 fully saturated rings. The maximum Gasteiger partial charge on any atom is 0.223 e. The molecule has 0 aliphatic rings. The zero-order valence-corrected chi connectivity index (χ0v) is 11.0. The molecule has 0 bridgehead atoms. The first-order valence-corrected chi connectivity index (χ1v) is 6.04. The van der Waals surface area contributed by atoms with Crippen LogP contribution >= 0.6 is 0 Å². The maximum absolute atomic E-state index is 5.92. The molecule has 0 aliphatic heterocycles. The molecule has 0 unspecified atom stereocenters. The van der Waals surface area contributed by atoms with E-state index in [-0.39, 0.29) is 0 Å². The third kappa shape index (κ3) is 2.87. The first-order chi connectivity index (χ1) is 8.70. The lowest BCUT2D eigenvalue weighted by Gasteiger charge is -2.12. The standard InChI is InChI=1S/C15H18N2O/c1-11-6-7-12(2)14(9-11)18-15-13(10-16-3)5-4-8-17-15/h4-9,16H,10H2,1-3H3. The van der Waals surface area contributed by atoms with Gasteiger partial charge in [0.2, 0.25) is 5.88 Å². The van der Waals surface area contributed by atoms with E-state index < -0.39 is 0 Å². The molecule has 94 valence electrons. The van der Waals surface area contributed by atoms with Crippen LogP contribution in [0, 0.1) is 13.8 Å². The largest absolute Gasteiger partial charge is 0.438 e. The van der Waals surface area contributed by atoms with Gasteiger partial charge in [-0.2, -0.15) is 0 Å². The number of nitrogens with zero attached hydrogens (tertiary/aromatic N) is 1. The van der Waals surface area contributed by atoms with E-state index in [4.69, 9.17) is 4.74 Å². The Morgan fingerprint density at radius 2 is 2.06 bits per heavy atom. The van der Waals surface area contributed by atoms with Crippen molar-refractivity contribution in [3.05, 3.63) is 53.2 Å². The van der Waals surface area contributed by atoms with Crippen molar-refractivity contribution in [1.29, 1.82) is 0 Å². The second-order valence-electron chi connectivity index (χ2n) is 4.37. The highest BCUT2D eigenvalue weighted by Gasteiger charge is 2.07. The van der Waals surface area contributed by atoms with Gasteiger partial charge in [0.05, 0.1) is 0 Å². The molecular formula is C15H18N2O. The lowest BCUT2D eigenvalue weighted by Crippen LogP contribution is -2.07. The second kappa shape index (κ2) is 5.65. The lowest BCUT2D eigenvalue weighted by atomic mass is 10.1. The third-order valence-corrected chi connectivity index (χ3v) is 2.77. The van der Waals surface area contributed by atoms with E-state index in [1.165, 1.54) is 5.56 Å². The van der Waals surface area contributed by atoms with Crippen LogP contribution in [0.25, 0.3) is 0 Å². The predicted octanol–water partition coefficient (Wildman–Crippen LogP) is 3.21. The van der Waals surface area contributed by atoms with Gasteiger partial charge in [-0.25, -0.2) is 4.98 Å². The maximum atomic E-state index is 5.92. The van der Waals surface area contributed by atoms with Crippen LogP contribution in [0.5, 0.6) is 11.6 Å². The quantitative estimate of drug-likeness (QED) is 0.894. The fourth-order valence-electron chi connectivity index (χ4n) is 1.76. The minimum Gasteiger partial charge on any atom is -0.438 e. The molecule has 3 nitrogen and oxygen atoms in total. The molecule has 1 aromatic heterocycles. The van der Waals surface area contributed by atoms with Gasteiger partial charge in [-0.15, -0.1) is 0 Å². The molecule has 0 saturated heterocycles. The molecule has 1 aromatic carbocycles. The predicted molar refractivity (Wildman–Crippen MR) is 73.0 cm³/mol. The van der Waals surface area contributed by atoms with Crippen LogP contribution in [0.15, 0.2) is 36.5 Å². The van der Waals surface area contributed by atoms with Crippen LogP contribution in [0.1, 0.15) is 16.7 Å². The van der Waals surface area contributed by atoms with Crippen molar-refractivity contribution in [1.82, 2.24) is 10.3 Å². The van der Waals surface area contributed by atoms with Crippen LogP contribution in [-0.2, 0) is 6.54 Å². The highest BCUT2D eigenvalue weighted by atomic mass is 16.5. The average Bonchev–Trinajstić information content (AvgIpc) is 2.36. The second-order valence-corrected chi connectivity index (χ2v) is 4.37. The minimum atomic E-state index is 0.667. The Morgan fingerprint density at radius 3 is 2.83 bits per heavy atom. The average molecular weight is 242 g/mol. The van der Waals surface area contributed by atoms with Crippen molar-refractivity contribution in [3.8, 4) is 11.6 Å². The molecule has 0 radical (unpaired) electrons. The van der Waals surface area contributed by atoms with Crippen molar-refractivity contribution in [3.63, 3.8) is 0 Å². The number of aryl methyl sites for hydroxylation is 2. The zero-order chi connectivity index (χ0) is 13.0. The first-order valence-electron chi connectivity index (χ1n) is 6.04. The fraction of sp³-hybridized carbons (Fsp3) is 0.267. The van der Waals surface area contributed by atoms with Crippen molar-refractivity contribution < 1.29 is 4.74 Å². The van der Waals surface area contributed by atoms with Gasteiger partial charge in [0, 0.05) is 18.3 Å². The van der Waals surface area contributed by atoms with E-state index in [1.807, 2.05) is 32.2 Å². The van der Waals surface area contributed by atoms with Gasteiger partial charge in [-0.1, -0.05) is 18.2 Å². The number of hydrogen-bond donors (Lipinski definition) is 1. The Morgan fingerprint density at radius 1 is 1.22 bits per heavy atom. The van der Waals surface area contributed by atoms with Crippen LogP contribution < -0.4 is 10.1 Å². The van der Waals surface area contributed by atoms with E-state index in [0.717, 1.165) is 23.4 Å².